The summed E-state index contributed by atoms with van der Waals surface area (Å²) < 4.78 is 5.21. The number of nitrogens with one attached hydrogen (secondary N) is 1. The van der Waals surface area contributed by atoms with Crippen LogP contribution in [0.1, 0.15) is 59.8 Å². The molecular formula is C14H25NO3. The predicted octanol–water partition coefficient (Wildman–Crippen LogP) is 3.05. The lowest BCUT2D eigenvalue weighted by Crippen LogP contribution is -2.47. The number of alkyl carbamates (subject to hydrolysis) is 1. The van der Waals surface area contributed by atoms with Gasteiger partial charge in [-0.3, -0.25) is 4.79 Å². The maximum Gasteiger partial charge on any atom is 0.408 e. The van der Waals surface area contributed by atoms with E-state index in [4.69, 9.17) is 4.74 Å². The molecule has 104 valence electrons. The quantitative estimate of drug-likeness (QED) is 0.843. The van der Waals surface area contributed by atoms with Gasteiger partial charge in [0.2, 0.25) is 0 Å². The van der Waals surface area contributed by atoms with Crippen LogP contribution in [0.3, 0.4) is 0 Å². The summed E-state index contributed by atoms with van der Waals surface area (Å²) in [5, 5.41) is 2.73. The van der Waals surface area contributed by atoms with Gasteiger partial charge in [0.25, 0.3) is 0 Å². The Morgan fingerprint density at radius 2 is 1.72 bits per heavy atom. The number of ketones is 1. The summed E-state index contributed by atoms with van der Waals surface area (Å²) in [5.41, 5.74) is -0.530. The van der Waals surface area contributed by atoms with Crippen molar-refractivity contribution in [1.82, 2.24) is 5.32 Å². The Morgan fingerprint density at radius 3 is 2.17 bits per heavy atom. The van der Waals surface area contributed by atoms with Crippen LogP contribution >= 0.6 is 0 Å². The molecule has 0 bridgehead atoms. The topological polar surface area (TPSA) is 55.4 Å². The molecule has 1 aliphatic rings. The molecule has 0 aromatic heterocycles. The number of rotatable bonds is 3. The average Bonchev–Trinajstić information content (AvgIpc) is 2.24. The molecule has 0 aromatic rings. The zero-order valence-electron chi connectivity index (χ0n) is 11.9. The van der Waals surface area contributed by atoms with E-state index in [1.54, 1.807) is 0 Å². The summed E-state index contributed by atoms with van der Waals surface area (Å²) in [6.07, 6.45) is 5.05. The van der Waals surface area contributed by atoms with Gasteiger partial charge in [-0.15, -0.1) is 0 Å². The fraction of sp³-hybridized carbons (Fsp3) is 0.857. The lowest BCUT2D eigenvalue weighted by atomic mass is 9.82. The summed E-state index contributed by atoms with van der Waals surface area (Å²) in [6, 6.07) is -0.389. The van der Waals surface area contributed by atoms with Gasteiger partial charge < -0.3 is 10.1 Å². The van der Waals surface area contributed by atoms with E-state index in [0.717, 1.165) is 25.7 Å². The van der Waals surface area contributed by atoms with Crippen molar-refractivity contribution >= 4 is 11.9 Å². The van der Waals surface area contributed by atoms with Gasteiger partial charge in [-0.25, -0.2) is 4.79 Å². The van der Waals surface area contributed by atoms with Gasteiger partial charge in [0.05, 0.1) is 6.04 Å². The normalized spacial score (nSPS) is 19.1. The Kier molecular flexibility index (Phi) is 5.17. The van der Waals surface area contributed by atoms with E-state index in [1.807, 2.05) is 20.8 Å². The highest BCUT2D eigenvalue weighted by atomic mass is 16.6. The molecule has 0 spiro atoms. The standard InChI is InChI=1S/C14H25NO3/c1-10(16)12(11-8-6-5-7-9-11)15-13(17)18-14(2,3)4/h11-12H,5-9H2,1-4H3,(H,15,17)/t12-/m1/s1. The van der Waals surface area contributed by atoms with Crippen LogP contribution in [-0.4, -0.2) is 23.5 Å². The zero-order chi connectivity index (χ0) is 13.8. The molecule has 4 nitrogen and oxygen atoms in total. The molecule has 1 aliphatic carbocycles. The van der Waals surface area contributed by atoms with Crippen LogP contribution in [0, 0.1) is 5.92 Å². The Labute approximate surface area is 109 Å². The van der Waals surface area contributed by atoms with E-state index in [0.29, 0.717) is 0 Å². The minimum absolute atomic E-state index is 0.0211. The van der Waals surface area contributed by atoms with Gasteiger partial charge in [-0.1, -0.05) is 19.3 Å². The molecule has 0 aromatic carbocycles. The first kappa shape index (κ1) is 15.0. The van der Waals surface area contributed by atoms with Crippen molar-refractivity contribution < 1.29 is 14.3 Å². The zero-order valence-corrected chi connectivity index (χ0v) is 11.9. The molecule has 0 unspecified atom stereocenters. The molecule has 1 atom stereocenters. The second-order valence-corrected chi connectivity index (χ2v) is 6.13. The summed E-state index contributed by atoms with van der Waals surface area (Å²) in [5.74, 6) is 0.288. The van der Waals surface area contributed by atoms with E-state index in [-0.39, 0.29) is 17.7 Å². The third-order valence-corrected chi connectivity index (χ3v) is 3.23. The molecule has 1 fully saturated rings. The van der Waals surface area contributed by atoms with Crippen LogP contribution in [-0.2, 0) is 9.53 Å². The van der Waals surface area contributed by atoms with E-state index >= 15 is 0 Å². The van der Waals surface area contributed by atoms with E-state index in [9.17, 15) is 9.59 Å². The highest BCUT2D eigenvalue weighted by Crippen LogP contribution is 2.27. The van der Waals surface area contributed by atoms with Gasteiger partial charge >= 0.3 is 6.09 Å². The van der Waals surface area contributed by atoms with Crippen molar-refractivity contribution in [3.8, 4) is 0 Å². The molecule has 4 heteroatoms. The van der Waals surface area contributed by atoms with Crippen LogP contribution in [0.25, 0.3) is 0 Å². The number of hydrogen-bond acceptors (Lipinski definition) is 3. The molecule has 1 N–H and O–H groups in total. The SMILES string of the molecule is CC(=O)[C@@H](NC(=O)OC(C)(C)C)C1CCCCC1. The molecule has 1 rings (SSSR count). The van der Waals surface area contributed by atoms with Crippen LogP contribution in [0.2, 0.25) is 0 Å². The number of hydrogen-bond donors (Lipinski definition) is 1. The number of carbonyl (C=O) groups excluding carboxylic acids is 2. The van der Waals surface area contributed by atoms with Crippen LogP contribution in [0.15, 0.2) is 0 Å². The largest absolute Gasteiger partial charge is 0.444 e. The summed E-state index contributed by atoms with van der Waals surface area (Å²) in [4.78, 5) is 23.4. The van der Waals surface area contributed by atoms with E-state index in [1.165, 1.54) is 13.3 Å². The molecule has 1 amide bonds. The minimum atomic E-state index is -0.530. The summed E-state index contributed by atoms with van der Waals surface area (Å²) >= 11 is 0. The fourth-order valence-corrected chi connectivity index (χ4v) is 2.45. The van der Waals surface area contributed by atoms with Gasteiger partial charge in [0.1, 0.15) is 5.60 Å². The maximum atomic E-state index is 11.7. The van der Waals surface area contributed by atoms with Crippen molar-refractivity contribution in [2.45, 2.75) is 71.4 Å². The van der Waals surface area contributed by atoms with E-state index < -0.39 is 11.7 Å². The summed E-state index contributed by atoms with van der Waals surface area (Å²) in [7, 11) is 0. The number of ether oxygens (including phenoxy) is 1. The van der Waals surface area contributed by atoms with Crippen molar-refractivity contribution in [1.29, 1.82) is 0 Å². The van der Waals surface area contributed by atoms with Crippen LogP contribution in [0.5, 0.6) is 0 Å². The average molecular weight is 255 g/mol. The van der Waals surface area contributed by atoms with Gasteiger partial charge in [0.15, 0.2) is 5.78 Å². The highest BCUT2D eigenvalue weighted by Gasteiger charge is 2.29. The molecule has 0 aliphatic heterocycles. The second-order valence-electron chi connectivity index (χ2n) is 6.13. The molecular weight excluding hydrogens is 230 g/mol. The van der Waals surface area contributed by atoms with Crippen LogP contribution in [0.4, 0.5) is 4.79 Å². The molecule has 0 saturated heterocycles. The molecule has 1 saturated carbocycles. The fourth-order valence-electron chi connectivity index (χ4n) is 2.45. The molecule has 0 radical (unpaired) electrons. The number of carbonyl (C=O) groups is 2. The molecule has 18 heavy (non-hydrogen) atoms. The van der Waals surface area contributed by atoms with Crippen molar-refractivity contribution in [2.75, 3.05) is 0 Å². The monoisotopic (exact) mass is 255 g/mol. The third-order valence-electron chi connectivity index (χ3n) is 3.23. The lowest BCUT2D eigenvalue weighted by Gasteiger charge is -2.30. The predicted molar refractivity (Wildman–Crippen MR) is 70.4 cm³/mol. The minimum Gasteiger partial charge on any atom is -0.444 e. The summed E-state index contributed by atoms with van der Waals surface area (Å²) in [6.45, 7) is 6.98. The molecule has 0 heterocycles. The first-order valence-electron chi connectivity index (χ1n) is 6.79. The van der Waals surface area contributed by atoms with Gasteiger partial charge in [-0.2, -0.15) is 0 Å². The Balaban J connectivity index is 2.57. The van der Waals surface area contributed by atoms with E-state index in [2.05, 4.69) is 5.32 Å². The van der Waals surface area contributed by atoms with Gasteiger partial charge in [0, 0.05) is 0 Å². The Morgan fingerprint density at radius 1 is 1.17 bits per heavy atom. The van der Waals surface area contributed by atoms with Crippen LogP contribution < -0.4 is 5.32 Å². The van der Waals surface area contributed by atoms with Crippen molar-refractivity contribution in [3.63, 3.8) is 0 Å². The third kappa shape index (κ3) is 5.07. The lowest BCUT2D eigenvalue weighted by molar-refractivity contribution is -0.120. The highest BCUT2D eigenvalue weighted by molar-refractivity contribution is 5.85. The van der Waals surface area contributed by atoms with Crippen molar-refractivity contribution in [3.05, 3.63) is 0 Å². The number of Topliss-reactive ketones (excluding diaryl/α,β-unsaturated/α-hetero) is 1. The first-order chi connectivity index (χ1) is 8.29. The second kappa shape index (κ2) is 6.21. The first-order valence-corrected chi connectivity index (χ1v) is 6.79. The Bertz CT molecular complexity index is 301. The van der Waals surface area contributed by atoms with Crippen molar-refractivity contribution in [2.24, 2.45) is 5.92 Å². The smallest absolute Gasteiger partial charge is 0.408 e. The number of amides is 1. The maximum absolute atomic E-state index is 11.7. The van der Waals surface area contributed by atoms with Gasteiger partial charge in [-0.05, 0) is 46.5 Å². The Hall–Kier alpha value is -1.06.